The highest BCUT2D eigenvalue weighted by atomic mass is 32.2. The molecule has 1 saturated heterocycles. The van der Waals surface area contributed by atoms with Crippen LogP contribution in [0.1, 0.15) is 25.7 Å². The van der Waals surface area contributed by atoms with Crippen LogP contribution < -0.4 is 5.32 Å². The molecule has 20 heavy (non-hydrogen) atoms. The third-order valence-corrected chi connectivity index (χ3v) is 5.38. The Morgan fingerprint density at radius 1 is 1.35 bits per heavy atom. The molecule has 6 heteroatoms. The van der Waals surface area contributed by atoms with Gasteiger partial charge in [-0.2, -0.15) is 0 Å². The summed E-state index contributed by atoms with van der Waals surface area (Å²) in [5.74, 6) is 1.29. The second-order valence-corrected chi connectivity index (χ2v) is 7.52. The fraction of sp³-hybridized carbons (Fsp3) is 0.500. The molecule has 1 aliphatic heterocycles. The highest BCUT2D eigenvalue weighted by molar-refractivity contribution is 7.91. The molecule has 0 bridgehead atoms. The topological polar surface area (TPSA) is 72.2 Å². The maximum atomic E-state index is 11.4. The van der Waals surface area contributed by atoms with Gasteiger partial charge in [0.1, 0.15) is 15.4 Å². The van der Waals surface area contributed by atoms with Crippen molar-refractivity contribution in [3.63, 3.8) is 0 Å². The lowest BCUT2D eigenvalue weighted by Crippen LogP contribution is -2.32. The smallest absolute Gasteiger partial charge is 0.195 e. The van der Waals surface area contributed by atoms with E-state index in [2.05, 4.69) is 10.3 Å². The van der Waals surface area contributed by atoms with Crippen LogP contribution in [-0.2, 0) is 16.3 Å². The van der Waals surface area contributed by atoms with Crippen LogP contribution in [0.5, 0.6) is 0 Å². The van der Waals surface area contributed by atoms with Crippen molar-refractivity contribution in [2.24, 2.45) is 0 Å². The van der Waals surface area contributed by atoms with E-state index in [0.717, 1.165) is 29.1 Å². The molecule has 0 saturated carbocycles. The van der Waals surface area contributed by atoms with Crippen LogP contribution in [0.25, 0.3) is 11.1 Å². The average Bonchev–Trinajstić information content (AvgIpc) is 2.83. The zero-order valence-corrected chi connectivity index (χ0v) is 12.2. The number of nitrogens with one attached hydrogen (secondary N) is 1. The Bertz CT molecular complexity index is 707. The minimum atomic E-state index is -2.81. The summed E-state index contributed by atoms with van der Waals surface area (Å²) < 4.78 is 28.4. The maximum Gasteiger partial charge on any atom is 0.195 e. The molecule has 2 aromatic rings. The van der Waals surface area contributed by atoms with Crippen LogP contribution in [0.15, 0.2) is 22.6 Å². The van der Waals surface area contributed by atoms with Gasteiger partial charge < -0.3 is 9.73 Å². The van der Waals surface area contributed by atoms with Gasteiger partial charge in [-0.25, -0.2) is 13.4 Å². The third kappa shape index (κ3) is 2.80. The van der Waals surface area contributed by atoms with Gasteiger partial charge in [0.2, 0.25) is 0 Å². The van der Waals surface area contributed by atoms with E-state index in [4.69, 9.17) is 4.42 Å². The molecule has 1 N–H and O–H groups in total. The second kappa shape index (κ2) is 5.09. The third-order valence-electron chi connectivity index (χ3n) is 3.66. The van der Waals surface area contributed by atoms with Gasteiger partial charge in [0, 0.05) is 18.2 Å². The monoisotopic (exact) mass is 294 g/mol. The van der Waals surface area contributed by atoms with E-state index in [1.807, 2.05) is 25.1 Å². The highest BCUT2D eigenvalue weighted by Crippen LogP contribution is 2.23. The quantitative estimate of drug-likeness (QED) is 0.941. The Morgan fingerprint density at radius 2 is 2.10 bits per heavy atom. The van der Waals surface area contributed by atoms with Gasteiger partial charge in [0.15, 0.2) is 11.5 Å². The second-order valence-electron chi connectivity index (χ2n) is 5.21. The van der Waals surface area contributed by atoms with Crippen molar-refractivity contribution in [2.75, 3.05) is 16.8 Å². The molecule has 2 heterocycles. The summed E-state index contributed by atoms with van der Waals surface area (Å²) in [6.07, 6.45) is 2.11. The lowest BCUT2D eigenvalue weighted by atomic mass is 10.1. The van der Waals surface area contributed by atoms with Crippen LogP contribution in [-0.4, -0.2) is 30.9 Å². The number of oxazole rings is 1. The zero-order chi connectivity index (χ0) is 14.2. The first-order valence-corrected chi connectivity index (χ1v) is 8.74. The largest absolute Gasteiger partial charge is 0.441 e. The van der Waals surface area contributed by atoms with Crippen LogP contribution in [0.4, 0.5) is 5.69 Å². The number of rotatable bonds is 3. The van der Waals surface area contributed by atoms with Crippen LogP contribution in [0.3, 0.4) is 0 Å². The molecule has 5 nitrogen and oxygen atoms in total. The first kappa shape index (κ1) is 13.4. The molecule has 108 valence electrons. The Kier molecular flexibility index (Phi) is 3.41. The summed E-state index contributed by atoms with van der Waals surface area (Å²) in [7, 11) is -2.81. The molecule has 1 aliphatic rings. The highest BCUT2D eigenvalue weighted by Gasteiger charge is 2.23. The fourth-order valence-corrected chi connectivity index (χ4v) is 3.98. The van der Waals surface area contributed by atoms with Crippen LogP contribution >= 0.6 is 0 Å². The summed E-state index contributed by atoms with van der Waals surface area (Å²) in [5, 5.41) is 3.39. The van der Waals surface area contributed by atoms with Crippen molar-refractivity contribution >= 4 is 26.6 Å². The summed E-state index contributed by atoms with van der Waals surface area (Å²) in [6, 6.07) is 6.04. The van der Waals surface area contributed by atoms with Crippen molar-refractivity contribution in [3.05, 3.63) is 24.1 Å². The van der Waals surface area contributed by atoms with E-state index in [0.29, 0.717) is 12.8 Å². The normalized spacial score (nSPS) is 19.2. The molecular formula is C14H18N2O3S. The van der Waals surface area contributed by atoms with Crippen molar-refractivity contribution in [1.82, 2.24) is 4.98 Å². The van der Waals surface area contributed by atoms with Gasteiger partial charge in [-0.3, -0.25) is 0 Å². The molecule has 1 aromatic carbocycles. The lowest BCUT2D eigenvalue weighted by molar-refractivity contribution is 0.538. The number of fused-ring (bicyclic) bond motifs is 1. The Labute approximate surface area is 118 Å². The van der Waals surface area contributed by atoms with E-state index in [1.54, 1.807) is 0 Å². The number of hydrogen-bond acceptors (Lipinski definition) is 5. The standard InChI is InChI=1S/C14H18N2O3S/c1-2-14-16-12-9-11(3-4-13(12)19-14)15-10-5-7-20(17,18)8-6-10/h3-4,9-10,15H,2,5-8H2,1H3. The van der Waals surface area contributed by atoms with Crippen molar-refractivity contribution in [3.8, 4) is 0 Å². The van der Waals surface area contributed by atoms with E-state index in [1.165, 1.54) is 0 Å². The van der Waals surface area contributed by atoms with Gasteiger partial charge in [-0.15, -0.1) is 0 Å². The van der Waals surface area contributed by atoms with Crippen molar-refractivity contribution < 1.29 is 12.8 Å². The van der Waals surface area contributed by atoms with E-state index < -0.39 is 9.84 Å². The Hall–Kier alpha value is -1.56. The number of nitrogens with zero attached hydrogens (tertiary/aromatic N) is 1. The van der Waals surface area contributed by atoms with Gasteiger partial charge in [0.25, 0.3) is 0 Å². The molecule has 3 rings (SSSR count). The Balaban J connectivity index is 1.74. The summed E-state index contributed by atoms with van der Waals surface area (Å²) >= 11 is 0. The molecule has 0 radical (unpaired) electrons. The molecular weight excluding hydrogens is 276 g/mol. The lowest BCUT2D eigenvalue weighted by Gasteiger charge is -2.23. The van der Waals surface area contributed by atoms with E-state index in [-0.39, 0.29) is 17.5 Å². The number of benzene rings is 1. The van der Waals surface area contributed by atoms with Gasteiger partial charge in [-0.1, -0.05) is 6.92 Å². The summed E-state index contributed by atoms with van der Waals surface area (Å²) in [4.78, 5) is 4.41. The fourth-order valence-electron chi connectivity index (χ4n) is 2.49. The van der Waals surface area contributed by atoms with E-state index >= 15 is 0 Å². The SMILES string of the molecule is CCc1nc2cc(NC3CCS(=O)(=O)CC3)ccc2o1. The van der Waals surface area contributed by atoms with Gasteiger partial charge in [-0.05, 0) is 31.0 Å². The van der Waals surface area contributed by atoms with Crippen LogP contribution in [0, 0.1) is 0 Å². The minimum absolute atomic E-state index is 0.216. The minimum Gasteiger partial charge on any atom is -0.441 e. The number of anilines is 1. The number of hydrogen-bond donors (Lipinski definition) is 1. The average molecular weight is 294 g/mol. The zero-order valence-electron chi connectivity index (χ0n) is 11.4. The van der Waals surface area contributed by atoms with Crippen molar-refractivity contribution in [1.29, 1.82) is 0 Å². The number of sulfone groups is 1. The number of aromatic nitrogens is 1. The predicted molar refractivity (Wildman–Crippen MR) is 78.7 cm³/mol. The summed E-state index contributed by atoms with van der Waals surface area (Å²) in [6.45, 7) is 2.01. The Morgan fingerprint density at radius 3 is 2.80 bits per heavy atom. The molecule has 0 amide bonds. The summed E-state index contributed by atoms with van der Waals surface area (Å²) in [5.41, 5.74) is 2.60. The molecule has 0 spiro atoms. The molecule has 0 aliphatic carbocycles. The first-order valence-electron chi connectivity index (χ1n) is 6.92. The maximum absolute atomic E-state index is 11.4. The molecule has 0 unspecified atom stereocenters. The van der Waals surface area contributed by atoms with Gasteiger partial charge >= 0.3 is 0 Å². The molecule has 1 aromatic heterocycles. The van der Waals surface area contributed by atoms with Gasteiger partial charge in [0.05, 0.1) is 11.5 Å². The number of aryl methyl sites for hydroxylation is 1. The molecule has 1 fully saturated rings. The first-order chi connectivity index (χ1) is 9.55. The van der Waals surface area contributed by atoms with E-state index in [9.17, 15) is 8.42 Å². The van der Waals surface area contributed by atoms with Crippen LogP contribution in [0.2, 0.25) is 0 Å². The van der Waals surface area contributed by atoms with Crippen molar-refractivity contribution in [2.45, 2.75) is 32.2 Å². The molecule has 0 atom stereocenters. The predicted octanol–water partition coefficient (Wildman–Crippen LogP) is 2.38.